The highest BCUT2D eigenvalue weighted by Gasteiger charge is 2.15. The highest BCUT2D eigenvalue weighted by atomic mass is 32.1. The summed E-state index contributed by atoms with van der Waals surface area (Å²) in [6.45, 7) is 6.72. The molecular weight excluding hydrogens is 398 g/mol. The maximum absolute atomic E-state index is 12.9. The number of benzene rings is 1. The summed E-state index contributed by atoms with van der Waals surface area (Å²) in [5.74, 6) is 1.25. The highest BCUT2D eigenvalue weighted by Crippen LogP contribution is 2.33. The molecule has 1 aromatic heterocycles. The summed E-state index contributed by atoms with van der Waals surface area (Å²) >= 11 is 1.63. The first-order valence-electron chi connectivity index (χ1n) is 9.60. The van der Waals surface area contributed by atoms with E-state index in [-0.39, 0.29) is 18.0 Å². The van der Waals surface area contributed by atoms with Crippen LogP contribution in [0.15, 0.2) is 28.6 Å². The van der Waals surface area contributed by atoms with E-state index < -0.39 is 6.61 Å². The topological polar surface area (TPSA) is 67.8 Å². The SMILES string of the molecule is CCNC(=NCc1cccc(OCC)c1OC(F)F)NCc1csc(C(C)C)n1. The number of nitrogens with zero attached hydrogens (tertiary/aromatic N) is 2. The minimum atomic E-state index is -2.94. The lowest BCUT2D eigenvalue weighted by atomic mass is 10.2. The fraction of sp³-hybridized carbons (Fsp3) is 0.500. The Labute approximate surface area is 174 Å². The lowest BCUT2D eigenvalue weighted by Gasteiger charge is -2.15. The van der Waals surface area contributed by atoms with Crippen LogP contribution in [0.3, 0.4) is 0 Å². The molecule has 0 atom stereocenters. The second-order valence-electron chi connectivity index (χ2n) is 6.44. The van der Waals surface area contributed by atoms with E-state index in [4.69, 9.17) is 9.47 Å². The monoisotopic (exact) mass is 426 g/mol. The fourth-order valence-corrected chi connectivity index (χ4v) is 3.36. The van der Waals surface area contributed by atoms with Gasteiger partial charge in [-0.2, -0.15) is 8.78 Å². The summed E-state index contributed by atoms with van der Waals surface area (Å²) < 4.78 is 35.8. The summed E-state index contributed by atoms with van der Waals surface area (Å²) in [6, 6.07) is 5.03. The van der Waals surface area contributed by atoms with Gasteiger partial charge in [0.2, 0.25) is 0 Å². The van der Waals surface area contributed by atoms with E-state index in [0.717, 1.165) is 10.7 Å². The van der Waals surface area contributed by atoms with Crippen molar-refractivity contribution in [1.82, 2.24) is 15.6 Å². The number of aliphatic imine (C=N–C) groups is 1. The van der Waals surface area contributed by atoms with Crippen molar-refractivity contribution < 1.29 is 18.3 Å². The van der Waals surface area contributed by atoms with Gasteiger partial charge in [-0.1, -0.05) is 26.0 Å². The molecule has 1 heterocycles. The number of para-hydroxylation sites is 1. The van der Waals surface area contributed by atoms with Crippen LogP contribution in [0.25, 0.3) is 0 Å². The van der Waals surface area contributed by atoms with Gasteiger partial charge >= 0.3 is 6.61 Å². The molecular formula is C20H28F2N4O2S. The molecule has 2 aromatic rings. The second kappa shape index (κ2) is 11.5. The Hall–Kier alpha value is -2.42. The van der Waals surface area contributed by atoms with E-state index in [9.17, 15) is 8.78 Å². The quantitative estimate of drug-likeness (QED) is 0.432. The number of halogens is 2. The molecule has 0 bridgehead atoms. The molecule has 0 aliphatic carbocycles. The van der Waals surface area contributed by atoms with Gasteiger partial charge in [0, 0.05) is 23.4 Å². The van der Waals surface area contributed by atoms with Gasteiger partial charge in [0.1, 0.15) is 0 Å². The Morgan fingerprint density at radius 2 is 2.03 bits per heavy atom. The zero-order chi connectivity index (χ0) is 21.2. The molecule has 0 saturated carbocycles. The number of ether oxygens (including phenoxy) is 2. The van der Waals surface area contributed by atoms with Crippen molar-refractivity contribution in [2.75, 3.05) is 13.2 Å². The second-order valence-corrected chi connectivity index (χ2v) is 7.33. The van der Waals surface area contributed by atoms with Crippen molar-refractivity contribution in [3.63, 3.8) is 0 Å². The van der Waals surface area contributed by atoms with Crippen molar-refractivity contribution in [3.05, 3.63) is 39.8 Å². The number of guanidine groups is 1. The predicted molar refractivity (Wildman–Crippen MR) is 112 cm³/mol. The van der Waals surface area contributed by atoms with Crippen LogP contribution in [0.5, 0.6) is 11.5 Å². The van der Waals surface area contributed by atoms with Crippen molar-refractivity contribution in [2.24, 2.45) is 4.99 Å². The normalized spacial score (nSPS) is 11.8. The number of rotatable bonds is 10. The Bertz CT molecular complexity index is 797. The largest absolute Gasteiger partial charge is 0.490 e. The van der Waals surface area contributed by atoms with Gasteiger partial charge in [-0.25, -0.2) is 9.98 Å². The molecule has 1 aromatic carbocycles. The van der Waals surface area contributed by atoms with Crippen LogP contribution in [0.1, 0.15) is 49.9 Å². The first kappa shape index (κ1) is 22.9. The molecule has 6 nitrogen and oxygen atoms in total. The maximum atomic E-state index is 12.9. The molecule has 0 saturated heterocycles. The van der Waals surface area contributed by atoms with Crippen molar-refractivity contribution in [2.45, 2.75) is 53.3 Å². The van der Waals surface area contributed by atoms with Gasteiger partial charge in [-0.3, -0.25) is 0 Å². The first-order valence-corrected chi connectivity index (χ1v) is 10.5. The molecule has 0 spiro atoms. The predicted octanol–water partition coefficient (Wildman–Crippen LogP) is 4.52. The van der Waals surface area contributed by atoms with E-state index in [1.165, 1.54) is 0 Å². The fourth-order valence-electron chi connectivity index (χ4n) is 2.53. The van der Waals surface area contributed by atoms with Crippen molar-refractivity contribution in [1.29, 1.82) is 0 Å². The average Bonchev–Trinajstić information content (AvgIpc) is 3.15. The molecule has 0 fully saturated rings. The summed E-state index contributed by atoms with van der Waals surface area (Å²) in [5, 5.41) is 9.48. The van der Waals surface area contributed by atoms with E-state index in [1.54, 1.807) is 36.5 Å². The Morgan fingerprint density at radius 1 is 1.24 bits per heavy atom. The number of thiazole rings is 1. The lowest BCUT2D eigenvalue weighted by Crippen LogP contribution is -2.36. The zero-order valence-corrected chi connectivity index (χ0v) is 18.0. The van der Waals surface area contributed by atoms with Crippen LogP contribution < -0.4 is 20.1 Å². The van der Waals surface area contributed by atoms with Gasteiger partial charge in [-0.15, -0.1) is 11.3 Å². The Balaban J connectivity index is 2.13. The van der Waals surface area contributed by atoms with Gasteiger partial charge in [0.25, 0.3) is 0 Å². The molecule has 0 unspecified atom stereocenters. The van der Waals surface area contributed by atoms with Crippen molar-refractivity contribution in [3.8, 4) is 11.5 Å². The molecule has 29 heavy (non-hydrogen) atoms. The highest BCUT2D eigenvalue weighted by molar-refractivity contribution is 7.09. The zero-order valence-electron chi connectivity index (χ0n) is 17.2. The number of nitrogens with one attached hydrogen (secondary N) is 2. The van der Waals surface area contributed by atoms with E-state index in [0.29, 0.717) is 37.1 Å². The van der Waals surface area contributed by atoms with Gasteiger partial charge in [0.05, 0.1) is 30.4 Å². The van der Waals surface area contributed by atoms with E-state index >= 15 is 0 Å². The summed E-state index contributed by atoms with van der Waals surface area (Å²) in [5.41, 5.74) is 1.45. The third-order valence-electron chi connectivity index (χ3n) is 3.82. The minimum absolute atomic E-state index is 0.0185. The van der Waals surface area contributed by atoms with Crippen LogP contribution in [0.2, 0.25) is 0 Å². The molecule has 9 heteroatoms. The van der Waals surface area contributed by atoms with Crippen LogP contribution in [0, 0.1) is 0 Å². The van der Waals surface area contributed by atoms with Gasteiger partial charge in [0.15, 0.2) is 17.5 Å². The number of alkyl halides is 2. The molecule has 0 aliphatic heterocycles. The van der Waals surface area contributed by atoms with Crippen LogP contribution in [-0.4, -0.2) is 30.7 Å². The summed E-state index contributed by atoms with van der Waals surface area (Å²) in [7, 11) is 0. The van der Waals surface area contributed by atoms with Crippen molar-refractivity contribution >= 4 is 17.3 Å². The smallest absolute Gasteiger partial charge is 0.387 e. The van der Waals surface area contributed by atoms with Crippen LogP contribution in [0.4, 0.5) is 8.78 Å². The maximum Gasteiger partial charge on any atom is 0.387 e. The number of aromatic nitrogens is 1. The molecule has 0 aliphatic rings. The first-order chi connectivity index (χ1) is 13.9. The average molecular weight is 427 g/mol. The van der Waals surface area contributed by atoms with Gasteiger partial charge in [-0.05, 0) is 19.9 Å². The van der Waals surface area contributed by atoms with Crippen LogP contribution >= 0.6 is 11.3 Å². The summed E-state index contributed by atoms with van der Waals surface area (Å²) in [4.78, 5) is 9.09. The number of hydrogen-bond acceptors (Lipinski definition) is 5. The molecule has 2 rings (SSSR count). The Kier molecular flexibility index (Phi) is 9.11. The third-order valence-corrected chi connectivity index (χ3v) is 5.01. The molecule has 0 amide bonds. The lowest BCUT2D eigenvalue weighted by molar-refractivity contribution is -0.0520. The molecule has 2 N–H and O–H groups in total. The minimum Gasteiger partial charge on any atom is -0.490 e. The Morgan fingerprint density at radius 3 is 2.66 bits per heavy atom. The van der Waals surface area contributed by atoms with E-state index in [2.05, 4.69) is 34.5 Å². The summed E-state index contributed by atoms with van der Waals surface area (Å²) in [6.07, 6.45) is 0. The molecule has 160 valence electrons. The van der Waals surface area contributed by atoms with E-state index in [1.807, 2.05) is 12.3 Å². The third kappa shape index (κ3) is 7.16. The molecule has 0 radical (unpaired) electrons. The number of hydrogen-bond donors (Lipinski definition) is 2. The van der Waals surface area contributed by atoms with Gasteiger partial charge < -0.3 is 20.1 Å². The van der Waals surface area contributed by atoms with Crippen LogP contribution in [-0.2, 0) is 13.1 Å². The standard InChI is InChI=1S/C20H28F2N4O2S/c1-5-23-20(25-11-15-12-29-18(26-15)13(3)4)24-10-14-8-7-9-16(27-6-2)17(14)28-19(21)22/h7-9,12-13,19H,5-6,10-11H2,1-4H3,(H2,23,24,25).